The van der Waals surface area contributed by atoms with Crippen molar-refractivity contribution in [1.82, 2.24) is 25.4 Å². The number of pyridine rings is 1. The molecule has 12 heteroatoms. The monoisotopic (exact) mass is 538 g/mol. The average Bonchev–Trinajstić information content (AvgIpc) is 3.36. The third kappa shape index (κ3) is 5.08. The van der Waals surface area contributed by atoms with E-state index < -0.39 is 29.7 Å². The second-order valence-corrected chi connectivity index (χ2v) is 10.8. The molecule has 208 valence electrons. The van der Waals surface area contributed by atoms with E-state index >= 15 is 0 Å². The van der Waals surface area contributed by atoms with E-state index in [0.29, 0.717) is 23.6 Å². The number of likely N-dealkylation sites (tertiary alicyclic amines) is 1. The maximum Gasteiger partial charge on any atom is 0.322 e. The molecule has 1 aromatic heterocycles. The molecule has 4 amide bonds. The number of nitrogens with one attached hydrogen (secondary N) is 3. The van der Waals surface area contributed by atoms with E-state index in [9.17, 15) is 24.3 Å². The number of aromatic nitrogens is 1. The zero-order valence-corrected chi connectivity index (χ0v) is 22.4. The Labute approximate surface area is 226 Å². The van der Waals surface area contributed by atoms with Crippen molar-refractivity contribution in [2.24, 2.45) is 5.92 Å². The molecule has 12 nitrogen and oxygen atoms in total. The predicted octanol–water partition coefficient (Wildman–Crippen LogP) is 0.692. The van der Waals surface area contributed by atoms with Crippen LogP contribution in [0.25, 0.3) is 0 Å². The number of ether oxygens (including phenoxy) is 1. The second-order valence-electron chi connectivity index (χ2n) is 10.8. The van der Waals surface area contributed by atoms with E-state index in [2.05, 4.69) is 32.9 Å². The number of carbonyl (C=O) groups excluding carboxylic acids is 4. The SMILES string of the molecule is COC1=CC2=C(CC1C)CN(CC1(C(=O)Cc3nc(NC4CCN(C)CC4)ccc3O)NC(=O)NC1=O)C2=O. The number of amides is 4. The standard InChI is InChI=1S/C27H34N6O6/c1-15-10-16-13-33(24(36)18(16)11-21(15)39-3)14-27(25(37)30-26(38)31-27)22(35)12-19-20(34)4-5-23(29-19)28-17-6-8-32(2)9-7-17/h4-5,11,15,17,34H,6-10,12-14H2,1-3H3,(H,28,29)(H2,30,31,37,38). The summed E-state index contributed by atoms with van der Waals surface area (Å²) in [6.07, 6.45) is 3.78. The van der Waals surface area contributed by atoms with Crippen molar-refractivity contribution < 1.29 is 29.0 Å². The van der Waals surface area contributed by atoms with Gasteiger partial charge in [0.2, 0.25) is 0 Å². The fourth-order valence-corrected chi connectivity index (χ4v) is 5.73. The molecule has 1 aliphatic carbocycles. The molecule has 39 heavy (non-hydrogen) atoms. The number of hydrogen-bond donors (Lipinski definition) is 4. The summed E-state index contributed by atoms with van der Waals surface area (Å²) >= 11 is 0. The van der Waals surface area contributed by atoms with Gasteiger partial charge in [0.25, 0.3) is 11.8 Å². The van der Waals surface area contributed by atoms with E-state index in [-0.39, 0.29) is 42.4 Å². The van der Waals surface area contributed by atoms with Crippen LogP contribution in [0.1, 0.15) is 31.9 Å². The first-order chi connectivity index (χ1) is 18.6. The van der Waals surface area contributed by atoms with Crippen molar-refractivity contribution >= 4 is 29.4 Å². The molecular weight excluding hydrogens is 504 g/mol. The Hall–Kier alpha value is -3.93. The highest BCUT2D eigenvalue weighted by molar-refractivity contribution is 6.21. The quantitative estimate of drug-likeness (QED) is 0.277. The van der Waals surface area contributed by atoms with Crippen LogP contribution < -0.4 is 16.0 Å². The topological polar surface area (TPSA) is 153 Å². The fourth-order valence-electron chi connectivity index (χ4n) is 5.73. The van der Waals surface area contributed by atoms with Gasteiger partial charge in [0.05, 0.1) is 31.5 Å². The largest absolute Gasteiger partial charge is 0.506 e. The molecule has 0 bridgehead atoms. The van der Waals surface area contributed by atoms with Gasteiger partial charge >= 0.3 is 6.03 Å². The second kappa shape index (κ2) is 10.3. The van der Waals surface area contributed by atoms with Crippen molar-refractivity contribution in [2.45, 2.75) is 44.2 Å². The predicted molar refractivity (Wildman–Crippen MR) is 141 cm³/mol. The molecule has 3 aliphatic heterocycles. The van der Waals surface area contributed by atoms with E-state index in [0.717, 1.165) is 31.5 Å². The van der Waals surface area contributed by atoms with E-state index in [1.54, 1.807) is 19.3 Å². The highest BCUT2D eigenvalue weighted by Crippen LogP contribution is 2.35. The normalized spacial score (nSPS) is 25.8. The van der Waals surface area contributed by atoms with Gasteiger partial charge in [0.15, 0.2) is 11.3 Å². The number of allylic oxidation sites excluding steroid dienone is 1. The fraction of sp³-hybridized carbons (Fsp3) is 0.519. The molecule has 0 spiro atoms. The van der Waals surface area contributed by atoms with E-state index in [1.807, 2.05) is 6.92 Å². The van der Waals surface area contributed by atoms with Crippen LogP contribution in [0.15, 0.2) is 35.1 Å². The molecule has 4 N–H and O–H groups in total. The molecule has 4 heterocycles. The Morgan fingerprint density at radius 3 is 2.67 bits per heavy atom. The van der Waals surface area contributed by atoms with Gasteiger partial charge in [-0.2, -0.15) is 0 Å². The maximum absolute atomic E-state index is 13.7. The number of imide groups is 1. The highest BCUT2D eigenvalue weighted by atomic mass is 16.5. The first-order valence-corrected chi connectivity index (χ1v) is 13.2. The number of methoxy groups -OCH3 is 1. The zero-order chi connectivity index (χ0) is 27.9. The smallest absolute Gasteiger partial charge is 0.322 e. The number of nitrogens with zero attached hydrogens (tertiary/aromatic N) is 3. The van der Waals surface area contributed by atoms with Crippen molar-refractivity contribution in [3.63, 3.8) is 0 Å². The van der Waals surface area contributed by atoms with Gasteiger partial charge in [-0.3, -0.25) is 19.7 Å². The zero-order valence-electron chi connectivity index (χ0n) is 22.4. The van der Waals surface area contributed by atoms with Crippen molar-refractivity contribution in [2.75, 3.05) is 45.7 Å². The Morgan fingerprint density at radius 1 is 1.26 bits per heavy atom. The van der Waals surface area contributed by atoms with Crippen molar-refractivity contribution in [3.05, 3.63) is 40.8 Å². The Balaban J connectivity index is 1.35. The molecule has 0 aromatic carbocycles. The Kier molecular flexibility index (Phi) is 7.06. The van der Waals surface area contributed by atoms with Gasteiger partial charge in [0, 0.05) is 24.1 Å². The third-order valence-electron chi connectivity index (χ3n) is 8.04. The molecule has 2 fully saturated rings. The molecule has 0 radical (unpaired) electrons. The van der Waals surface area contributed by atoms with Gasteiger partial charge in [0.1, 0.15) is 11.6 Å². The van der Waals surface area contributed by atoms with Crippen LogP contribution in [-0.4, -0.2) is 95.4 Å². The molecule has 5 rings (SSSR count). The van der Waals surface area contributed by atoms with Crippen LogP contribution in [0.4, 0.5) is 10.6 Å². The first kappa shape index (κ1) is 26.7. The lowest BCUT2D eigenvalue weighted by atomic mass is 9.89. The average molecular weight is 539 g/mol. The summed E-state index contributed by atoms with van der Waals surface area (Å²) in [5, 5.41) is 18.4. The summed E-state index contributed by atoms with van der Waals surface area (Å²) in [5.74, 6) is -0.745. The molecule has 4 aliphatic rings. The summed E-state index contributed by atoms with van der Waals surface area (Å²) in [5.41, 5.74) is -0.540. The van der Waals surface area contributed by atoms with Gasteiger partial charge < -0.3 is 30.3 Å². The number of Topliss-reactive ketones (excluding diaryl/α,β-unsaturated/α-hetero) is 1. The first-order valence-electron chi connectivity index (χ1n) is 13.2. The summed E-state index contributed by atoms with van der Waals surface area (Å²) in [6, 6.07) is 2.49. The number of anilines is 1. The minimum absolute atomic E-state index is 0.0814. The van der Waals surface area contributed by atoms with Crippen LogP contribution in [0.5, 0.6) is 5.75 Å². The van der Waals surface area contributed by atoms with Crippen molar-refractivity contribution in [1.29, 1.82) is 0 Å². The Bertz CT molecular complexity index is 1280. The summed E-state index contributed by atoms with van der Waals surface area (Å²) < 4.78 is 5.40. The lowest BCUT2D eigenvalue weighted by molar-refractivity contribution is -0.136. The van der Waals surface area contributed by atoms with Crippen LogP contribution in [0.2, 0.25) is 0 Å². The highest BCUT2D eigenvalue weighted by Gasteiger charge is 2.54. The van der Waals surface area contributed by atoms with Gasteiger partial charge in [-0.25, -0.2) is 9.78 Å². The van der Waals surface area contributed by atoms with E-state index in [4.69, 9.17) is 4.74 Å². The molecule has 0 saturated carbocycles. The summed E-state index contributed by atoms with van der Waals surface area (Å²) in [6.45, 7) is 3.80. The number of ketones is 1. The number of urea groups is 1. The molecule has 2 atom stereocenters. The molecular formula is C27H34N6O6. The van der Waals surface area contributed by atoms with Gasteiger partial charge in [-0.15, -0.1) is 0 Å². The van der Waals surface area contributed by atoms with Crippen LogP contribution in [-0.2, 0) is 25.5 Å². The van der Waals surface area contributed by atoms with Crippen molar-refractivity contribution in [3.8, 4) is 5.75 Å². The van der Waals surface area contributed by atoms with Crippen LogP contribution >= 0.6 is 0 Å². The van der Waals surface area contributed by atoms with Gasteiger partial charge in [-0.05, 0) is 63.2 Å². The minimum Gasteiger partial charge on any atom is -0.506 e. The number of carbonyl (C=O) groups is 4. The summed E-state index contributed by atoms with van der Waals surface area (Å²) in [7, 11) is 3.63. The third-order valence-corrected chi connectivity index (χ3v) is 8.04. The lowest BCUT2D eigenvalue weighted by Gasteiger charge is -2.30. The molecule has 2 saturated heterocycles. The number of hydrogen-bond acceptors (Lipinski definition) is 9. The van der Waals surface area contributed by atoms with Gasteiger partial charge in [-0.1, -0.05) is 6.92 Å². The Morgan fingerprint density at radius 2 is 2.00 bits per heavy atom. The lowest BCUT2D eigenvalue weighted by Crippen LogP contribution is -2.61. The number of aromatic hydroxyl groups is 1. The molecule has 2 unspecified atom stereocenters. The minimum atomic E-state index is -2.01. The number of piperidine rings is 1. The number of rotatable bonds is 8. The van der Waals surface area contributed by atoms with Crippen LogP contribution in [0, 0.1) is 5.92 Å². The summed E-state index contributed by atoms with van der Waals surface area (Å²) in [4.78, 5) is 60.3. The van der Waals surface area contributed by atoms with E-state index in [1.165, 1.54) is 11.0 Å². The van der Waals surface area contributed by atoms with Crippen LogP contribution in [0.3, 0.4) is 0 Å². The maximum atomic E-state index is 13.7. The molecule has 1 aromatic rings.